The van der Waals surface area contributed by atoms with Crippen molar-refractivity contribution in [3.8, 4) is 0 Å². The summed E-state index contributed by atoms with van der Waals surface area (Å²) in [6.07, 6.45) is 0. The minimum absolute atomic E-state index is 0.202. The van der Waals surface area contributed by atoms with Gasteiger partial charge in [0.2, 0.25) is 0 Å². The molecule has 0 saturated carbocycles. The summed E-state index contributed by atoms with van der Waals surface area (Å²) in [5.41, 5.74) is 1.95. The van der Waals surface area contributed by atoms with E-state index in [9.17, 15) is 9.59 Å². The lowest BCUT2D eigenvalue weighted by Crippen LogP contribution is -2.18. The molecule has 2 N–H and O–H groups in total. The maximum Gasteiger partial charge on any atom is 0.268 e. The highest BCUT2D eigenvalue weighted by Gasteiger charge is 2.17. The first kappa shape index (κ1) is 16.1. The zero-order valence-corrected chi connectivity index (χ0v) is 15.1. The first-order chi connectivity index (χ1) is 9.92. The van der Waals surface area contributed by atoms with Crippen molar-refractivity contribution in [1.29, 1.82) is 0 Å². The fraction of sp³-hybridized carbons (Fsp3) is 0.154. The zero-order valence-electron chi connectivity index (χ0n) is 11.2. The summed E-state index contributed by atoms with van der Waals surface area (Å²) in [5, 5.41) is 5.35. The van der Waals surface area contributed by atoms with Gasteiger partial charge in [-0.15, -0.1) is 11.3 Å². The minimum Gasteiger partial charge on any atom is -0.355 e. The van der Waals surface area contributed by atoms with Crippen LogP contribution in [0, 0.1) is 6.92 Å². The number of carbonyl (C=O) groups is 2. The molecule has 0 spiro atoms. The van der Waals surface area contributed by atoms with Crippen molar-refractivity contribution >= 4 is 60.7 Å². The van der Waals surface area contributed by atoms with Crippen molar-refractivity contribution in [3.05, 3.63) is 42.7 Å². The predicted molar refractivity (Wildman–Crippen MR) is 90.0 cm³/mol. The van der Waals surface area contributed by atoms with E-state index in [1.807, 2.05) is 6.92 Å². The summed E-state index contributed by atoms with van der Waals surface area (Å²) < 4.78 is 1.10. The van der Waals surface area contributed by atoms with E-state index in [4.69, 9.17) is 0 Å². The van der Waals surface area contributed by atoms with E-state index in [2.05, 4.69) is 47.5 Å². The van der Waals surface area contributed by atoms with Gasteiger partial charge in [-0.3, -0.25) is 9.59 Å². The number of rotatable bonds is 3. The van der Waals surface area contributed by atoms with Crippen molar-refractivity contribution in [2.75, 3.05) is 12.4 Å². The average molecular weight is 433 g/mol. The zero-order chi connectivity index (χ0) is 15.6. The van der Waals surface area contributed by atoms with Crippen LogP contribution in [0.1, 0.15) is 25.6 Å². The van der Waals surface area contributed by atoms with E-state index >= 15 is 0 Å². The molecule has 0 unspecified atom stereocenters. The number of nitrogens with zero attached hydrogens (tertiary/aromatic N) is 1. The van der Waals surface area contributed by atoms with Crippen molar-refractivity contribution < 1.29 is 9.59 Å². The monoisotopic (exact) mass is 431 g/mol. The quantitative estimate of drug-likeness (QED) is 0.778. The van der Waals surface area contributed by atoms with Crippen LogP contribution >= 0.6 is 43.2 Å². The Kier molecular flexibility index (Phi) is 5.13. The normalized spacial score (nSPS) is 10.3. The molecule has 110 valence electrons. The number of thiazole rings is 1. The van der Waals surface area contributed by atoms with Crippen molar-refractivity contribution in [1.82, 2.24) is 10.3 Å². The Hall–Kier alpha value is -1.25. The second-order valence-corrected chi connectivity index (χ2v) is 7.18. The van der Waals surface area contributed by atoms with Crippen LogP contribution in [0.3, 0.4) is 0 Å². The molecule has 1 aromatic carbocycles. The first-order valence-corrected chi connectivity index (χ1v) is 8.28. The Morgan fingerprint density at radius 2 is 1.95 bits per heavy atom. The molecule has 2 aromatic rings. The van der Waals surface area contributed by atoms with E-state index in [1.165, 1.54) is 11.3 Å². The molecular weight excluding hydrogens is 422 g/mol. The number of halogens is 2. The minimum atomic E-state index is -0.276. The van der Waals surface area contributed by atoms with Crippen molar-refractivity contribution in [2.45, 2.75) is 6.92 Å². The highest BCUT2D eigenvalue weighted by molar-refractivity contribution is 9.11. The largest absolute Gasteiger partial charge is 0.355 e. The predicted octanol–water partition coefficient (Wildman–Crippen LogP) is 3.59. The van der Waals surface area contributed by atoms with E-state index in [0.29, 0.717) is 24.6 Å². The third-order valence-corrected chi connectivity index (χ3v) is 5.08. The van der Waals surface area contributed by atoms with Crippen LogP contribution in [-0.4, -0.2) is 23.8 Å². The molecule has 1 aromatic heterocycles. The van der Waals surface area contributed by atoms with Gasteiger partial charge in [-0.05, 0) is 56.5 Å². The second-order valence-electron chi connectivity index (χ2n) is 4.15. The lowest BCUT2D eigenvalue weighted by molar-refractivity contribution is 0.0961. The number of hydrogen-bond donors (Lipinski definition) is 2. The summed E-state index contributed by atoms with van der Waals surface area (Å²) in [6.45, 7) is 1.86. The summed E-state index contributed by atoms with van der Waals surface area (Å²) in [6, 6.07) is 5.15. The van der Waals surface area contributed by atoms with Crippen LogP contribution in [0.2, 0.25) is 0 Å². The molecular formula is C13H11Br2N3O2S. The van der Waals surface area contributed by atoms with E-state index in [1.54, 1.807) is 25.2 Å². The summed E-state index contributed by atoms with van der Waals surface area (Å²) in [4.78, 5) is 28.5. The van der Waals surface area contributed by atoms with Gasteiger partial charge in [-0.2, -0.15) is 0 Å². The molecule has 0 bridgehead atoms. The topological polar surface area (TPSA) is 71.1 Å². The molecule has 1 heterocycles. The molecule has 5 nitrogen and oxygen atoms in total. The van der Waals surface area contributed by atoms with Crippen LogP contribution in [0.15, 0.2) is 26.7 Å². The number of anilines is 1. The number of hydrogen-bond acceptors (Lipinski definition) is 4. The third-order valence-electron chi connectivity index (χ3n) is 2.74. The molecule has 0 radical (unpaired) electrons. The number of nitrogens with one attached hydrogen (secondary N) is 2. The first-order valence-electron chi connectivity index (χ1n) is 5.88. The molecule has 0 atom stereocenters. The standard InChI is InChI=1S/C13H11Br2N3O2S/c1-6-3-4-7(11(19)16-2)5-8(6)17-12(20)9-10(14)18-13(15)21-9/h3-5H,1-2H3,(H,16,19)(H,17,20). The van der Waals surface area contributed by atoms with Crippen molar-refractivity contribution in [2.24, 2.45) is 0 Å². The SMILES string of the molecule is CNC(=O)c1ccc(C)c(NC(=O)c2sc(Br)nc2Br)c1. The number of benzene rings is 1. The molecule has 0 aliphatic carbocycles. The average Bonchev–Trinajstić information content (AvgIpc) is 2.79. The molecule has 8 heteroatoms. The number of carbonyl (C=O) groups excluding carboxylic acids is 2. The maximum atomic E-state index is 12.3. The Balaban J connectivity index is 2.28. The van der Waals surface area contributed by atoms with E-state index < -0.39 is 0 Å². The lowest BCUT2D eigenvalue weighted by Gasteiger charge is -2.09. The van der Waals surface area contributed by atoms with Crippen LogP contribution in [0.4, 0.5) is 5.69 Å². The van der Waals surface area contributed by atoms with Gasteiger partial charge in [0, 0.05) is 18.3 Å². The van der Waals surface area contributed by atoms with Crippen LogP contribution in [-0.2, 0) is 0 Å². The lowest BCUT2D eigenvalue weighted by atomic mass is 10.1. The van der Waals surface area contributed by atoms with Gasteiger partial charge in [0.25, 0.3) is 11.8 Å². The van der Waals surface area contributed by atoms with Gasteiger partial charge in [-0.1, -0.05) is 6.07 Å². The molecule has 0 fully saturated rings. The van der Waals surface area contributed by atoms with Crippen LogP contribution < -0.4 is 10.6 Å². The highest BCUT2D eigenvalue weighted by Crippen LogP contribution is 2.28. The number of aromatic nitrogens is 1. The molecule has 2 amide bonds. The molecule has 0 aliphatic heterocycles. The molecule has 0 aliphatic rings. The second kappa shape index (κ2) is 6.67. The van der Waals surface area contributed by atoms with Crippen LogP contribution in [0.25, 0.3) is 0 Å². The fourth-order valence-electron chi connectivity index (χ4n) is 1.64. The molecule has 21 heavy (non-hydrogen) atoms. The third kappa shape index (κ3) is 3.69. The summed E-state index contributed by atoms with van der Waals surface area (Å²) in [7, 11) is 1.56. The van der Waals surface area contributed by atoms with Gasteiger partial charge in [0.05, 0.1) is 0 Å². The van der Waals surface area contributed by atoms with Crippen molar-refractivity contribution in [3.63, 3.8) is 0 Å². The maximum absolute atomic E-state index is 12.3. The molecule has 0 saturated heterocycles. The summed E-state index contributed by atoms with van der Waals surface area (Å²) >= 11 is 7.71. The van der Waals surface area contributed by atoms with Crippen LogP contribution in [0.5, 0.6) is 0 Å². The number of amides is 2. The Morgan fingerprint density at radius 3 is 2.52 bits per heavy atom. The van der Waals surface area contributed by atoms with E-state index in [0.717, 1.165) is 5.56 Å². The van der Waals surface area contributed by atoms with Gasteiger partial charge < -0.3 is 10.6 Å². The molecule has 2 rings (SSSR count). The highest BCUT2D eigenvalue weighted by atomic mass is 79.9. The Morgan fingerprint density at radius 1 is 1.24 bits per heavy atom. The summed E-state index contributed by atoms with van der Waals surface area (Å²) in [5.74, 6) is -0.477. The Bertz CT molecular complexity index is 715. The Labute approximate surface area is 142 Å². The van der Waals surface area contributed by atoms with E-state index in [-0.39, 0.29) is 11.8 Å². The van der Waals surface area contributed by atoms with Gasteiger partial charge in [-0.25, -0.2) is 4.98 Å². The fourth-order valence-corrected chi connectivity index (χ4v) is 3.84. The smallest absolute Gasteiger partial charge is 0.268 e. The van der Waals surface area contributed by atoms with Gasteiger partial charge in [0.15, 0.2) is 3.92 Å². The van der Waals surface area contributed by atoms with Gasteiger partial charge in [0.1, 0.15) is 9.48 Å². The van der Waals surface area contributed by atoms with Gasteiger partial charge >= 0.3 is 0 Å². The number of aryl methyl sites for hydroxylation is 1.